The Labute approximate surface area is 152 Å². The van der Waals surface area contributed by atoms with E-state index in [1.807, 2.05) is 19.0 Å². The molecule has 22 heavy (non-hydrogen) atoms. The molecule has 0 aliphatic carbocycles. The van der Waals surface area contributed by atoms with E-state index >= 15 is 0 Å². The number of nitrogens with zero attached hydrogens (tertiary/aromatic N) is 3. The van der Waals surface area contributed by atoms with Gasteiger partial charge in [-0.15, -0.1) is 24.0 Å². The van der Waals surface area contributed by atoms with Crippen molar-refractivity contribution < 1.29 is 8.42 Å². The van der Waals surface area contributed by atoms with Crippen molar-refractivity contribution in [2.75, 3.05) is 46.5 Å². The highest BCUT2D eigenvalue weighted by Gasteiger charge is 2.41. The van der Waals surface area contributed by atoms with Crippen LogP contribution in [0.2, 0.25) is 0 Å². The molecule has 0 bridgehead atoms. The van der Waals surface area contributed by atoms with Crippen LogP contribution in [0.5, 0.6) is 0 Å². The molecule has 0 saturated carbocycles. The van der Waals surface area contributed by atoms with Crippen LogP contribution in [0.25, 0.3) is 0 Å². The molecule has 0 radical (unpaired) electrons. The first-order chi connectivity index (χ1) is 9.43. The maximum atomic E-state index is 12.1. The molecular formula is C14H31IN4O2S. The van der Waals surface area contributed by atoms with Crippen LogP contribution in [0.1, 0.15) is 27.7 Å². The highest BCUT2D eigenvalue weighted by atomic mass is 127. The second kappa shape index (κ2) is 7.65. The first kappa shape index (κ1) is 21.9. The summed E-state index contributed by atoms with van der Waals surface area (Å²) in [7, 11) is 2.80. The maximum absolute atomic E-state index is 12.1. The average Bonchev–Trinajstić information content (AvgIpc) is 2.34. The fourth-order valence-electron chi connectivity index (χ4n) is 2.11. The molecule has 0 spiro atoms. The lowest BCUT2D eigenvalue weighted by Gasteiger charge is -2.40. The summed E-state index contributed by atoms with van der Waals surface area (Å²) in [4.78, 5) is 8.49. The van der Waals surface area contributed by atoms with Gasteiger partial charge in [-0.1, -0.05) is 0 Å². The predicted octanol–water partition coefficient (Wildman–Crippen LogP) is 1.03. The molecule has 0 amide bonds. The molecule has 1 saturated heterocycles. The minimum Gasteiger partial charge on any atom is -0.354 e. The Balaban J connectivity index is 0.00000441. The van der Waals surface area contributed by atoms with E-state index in [1.54, 1.807) is 20.9 Å². The highest BCUT2D eigenvalue weighted by Crippen LogP contribution is 2.23. The van der Waals surface area contributed by atoms with Crippen molar-refractivity contribution in [3.63, 3.8) is 0 Å². The number of guanidine groups is 1. The van der Waals surface area contributed by atoms with E-state index in [1.165, 1.54) is 0 Å². The number of rotatable bonds is 3. The second-order valence-electron chi connectivity index (χ2n) is 7.11. The van der Waals surface area contributed by atoms with Crippen LogP contribution >= 0.6 is 24.0 Å². The van der Waals surface area contributed by atoms with Gasteiger partial charge in [-0.3, -0.25) is 4.99 Å². The van der Waals surface area contributed by atoms with Gasteiger partial charge in [-0.05, 0) is 41.8 Å². The van der Waals surface area contributed by atoms with Crippen molar-refractivity contribution in [2.45, 2.75) is 38.0 Å². The van der Waals surface area contributed by atoms with Crippen LogP contribution in [0.3, 0.4) is 0 Å². The summed E-state index contributed by atoms with van der Waals surface area (Å²) in [6.45, 7) is 9.58. The van der Waals surface area contributed by atoms with Gasteiger partial charge in [0.2, 0.25) is 0 Å². The number of aliphatic imine (C=N–C) groups is 1. The molecule has 0 aromatic carbocycles. The number of sulfone groups is 1. The minimum absolute atomic E-state index is 0. The SMILES string of the molecule is CN=C(NCC(C)(C)N(C)C)N1CCS(=O)(=O)C(C)(C)C1.I. The first-order valence-corrected chi connectivity index (χ1v) is 8.93. The van der Waals surface area contributed by atoms with E-state index in [-0.39, 0.29) is 35.3 Å². The number of hydrogen-bond acceptors (Lipinski definition) is 4. The normalized spacial score (nSPS) is 21.5. The van der Waals surface area contributed by atoms with Gasteiger partial charge in [0.1, 0.15) is 0 Å². The zero-order valence-electron chi connectivity index (χ0n) is 14.8. The Hall–Kier alpha value is -0.0900. The summed E-state index contributed by atoms with van der Waals surface area (Å²) in [6.07, 6.45) is 0. The summed E-state index contributed by atoms with van der Waals surface area (Å²) in [6, 6.07) is 0. The van der Waals surface area contributed by atoms with Crippen molar-refractivity contribution >= 4 is 39.8 Å². The average molecular weight is 446 g/mol. The van der Waals surface area contributed by atoms with Crippen LogP contribution in [0.4, 0.5) is 0 Å². The van der Waals surface area contributed by atoms with Crippen LogP contribution in [-0.4, -0.2) is 81.0 Å². The molecule has 1 fully saturated rings. The van der Waals surface area contributed by atoms with Gasteiger partial charge in [-0.25, -0.2) is 8.42 Å². The van der Waals surface area contributed by atoms with Gasteiger partial charge in [0.15, 0.2) is 15.8 Å². The lowest BCUT2D eigenvalue weighted by Crippen LogP contribution is -2.59. The summed E-state index contributed by atoms with van der Waals surface area (Å²) in [5.74, 6) is 0.950. The van der Waals surface area contributed by atoms with Gasteiger partial charge in [0.05, 0.1) is 10.5 Å². The van der Waals surface area contributed by atoms with Gasteiger partial charge in [0.25, 0.3) is 0 Å². The topological polar surface area (TPSA) is 65.0 Å². The quantitative estimate of drug-likeness (QED) is 0.399. The van der Waals surface area contributed by atoms with Crippen LogP contribution in [0, 0.1) is 0 Å². The Morgan fingerprint density at radius 3 is 2.32 bits per heavy atom. The predicted molar refractivity (Wildman–Crippen MR) is 104 cm³/mol. The van der Waals surface area contributed by atoms with E-state index < -0.39 is 14.6 Å². The van der Waals surface area contributed by atoms with E-state index in [9.17, 15) is 8.42 Å². The van der Waals surface area contributed by atoms with Crippen molar-refractivity contribution in [2.24, 2.45) is 4.99 Å². The fourth-order valence-corrected chi connectivity index (χ4v) is 3.48. The second-order valence-corrected chi connectivity index (χ2v) is 9.85. The molecule has 6 nitrogen and oxygen atoms in total. The van der Waals surface area contributed by atoms with Crippen molar-refractivity contribution in [3.8, 4) is 0 Å². The highest BCUT2D eigenvalue weighted by molar-refractivity contribution is 14.0. The van der Waals surface area contributed by atoms with E-state index in [2.05, 4.69) is 29.1 Å². The largest absolute Gasteiger partial charge is 0.354 e. The van der Waals surface area contributed by atoms with Gasteiger partial charge in [0, 0.05) is 32.2 Å². The molecule has 1 heterocycles. The Morgan fingerprint density at radius 1 is 1.36 bits per heavy atom. The molecule has 0 unspecified atom stereocenters. The molecule has 1 rings (SSSR count). The summed E-state index contributed by atoms with van der Waals surface area (Å²) in [5.41, 5.74) is -0.00663. The number of likely N-dealkylation sites (N-methyl/N-ethyl adjacent to an activating group) is 1. The summed E-state index contributed by atoms with van der Waals surface area (Å²) in [5, 5.41) is 3.37. The summed E-state index contributed by atoms with van der Waals surface area (Å²) >= 11 is 0. The van der Waals surface area contributed by atoms with Crippen LogP contribution in [0.15, 0.2) is 4.99 Å². The molecule has 0 aromatic rings. The maximum Gasteiger partial charge on any atom is 0.193 e. The standard InChI is InChI=1S/C14H30N4O2S.HI/c1-13(2,17(6)7)10-16-12(15-5)18-8-9-21(19,20)14(3,4)11-18;/h8-11H2,1-7H3,(H,15,16);1H. The molecule has 1 aliphatic rings. The van der Waals surface area contributed by atoms with Crippen molar-refractivity contribution in [3.05, 3.63) is 0 Å². The minimum atomic E-state index is -3.03. The number of hydrogen-bond donors (Lipinski definition) is 1. The van der Waals surface area contributed by atoms with Crippen molar-refractivity contribution in [1.82, 2.24) is 15.1 Å². The molecule has 0 atom stereocenters. The van der Waals surface area contributed by atoms with E-state index in [0.29, 0.717) is 13.1 Å². The smallest absolute Gasteiger partial charge is 0.193 e. The fraction of sp³-hybridized carbons (Fsp3) is 0.929. The van der Waals surface area contributed by atoms with Gasteiger partial charge in [-0.2, -0.15) is 0 Å². The Morgan fingerprint density at radius 2 is 1.91 bits per heavy atom. The zero-order chi connectivity index (χ0) is 16.5. The van der Waals surface area contributed by atoms with Gasteiger partial charge < -0.3 is 15.1 Å². The lowest BCUT2D eigenvalue weighted by atomic mass is 10.0. The lowest BCUT2D eigenvalue weighted by molar-refractivity contribution is 0.195. The third-order valence-corrected chi connectivity index (χ3v) is 6.98. The van der Waals surface area contributed by atoms with Gasteiger partial charge >= 0.3 is 0 Å². The third-order valence-electron chi connectivity index (χ3n) is 4.44. The molecule has 1 aliphatic heterocycles. The van der Waals surface area contributed by atoms with Crippen LogP contribution < -0.4 is 5.32 Å². The third kappa shape index (κ3) is 4.95. The Kier molecular flexibility index (Phi) is 7.62. The molecule has 0 aromatic heterocycles. The summed E-state index contributed by atoms with van der Waals surface area (Å²) < 4.78 is 23.4. The van der Waals surface area contributed by atoms with Crippen LogP contribution in [-0.2, 0) is 9.84 Å². The van der Waals surface area contributed by atoms with Crippen molar-refractivity contribution in [1.29, 1.82) is 0 Å². The molecule has 132 valence electrons. The first-order valence-electron chi connectivity index (χ1n) is 7.28. The number of halogens is 1. The molecular weight excluding hydrogens is 415 g/mol. The molecule has 1 N–H and O–H groups in total. The number of nitrogens with one attached hydrogen (secondary N) is 1. The van der Waals surface area contributed by atoms with E-state index in [4.69, 9.17) is 0 Å². The zero-order valence-corrected chi connectivity index (χ0v) is 17.9. The molecule has 8 heteroatoms. The Bertz CT molecular complexity index is 501. The monoisotopic (exact) mass is 446 g/mol. The van der Waals surface area contributed by atoms with E-state index in [0.717, 1.165) is 12.5 Å².